The zero-order chi connectivity index (χ0) is 20.5. The average molecular weight is 375 g/mol. The number of aromatic hydroxyl groups is 1. The van der Waals surface area contributed by atoms with Gasteiger partial charge in [-0.05, 0) is 40.4 Å². The fraction of sp³-hybridized carbons (Fsp3) is 0.769. The Morgan fingerprint density at radius 3 is 1.37 bits per heavy atom. The van der Waals surface area contributed by atoms with Crippen molar-refractivity contribution in [1.82, 2.24) is 0 Å². The molecule has 156 valence electrons. The van der Waals surface area contributed by atoms with Crippen molar-refractivity contribution in [2.45, 2.75) is 130 Å². The van der Waals surface area contributed by atoms with Gasteiger partial charge in [-0.1, -0.05) is 118 Å². The SMILES string of the molecule is CCCCCCCCCCCCc1cc(C(C)(C)C)c(O)c(C(C)(C)C)c1. The van der Waals surface area contributed by atoms with Gasteiger partial charge in [-0.3, -0.25) is 0 Å². The monoisotopic (exact) mass is 374 g/mol. The Morgan fingerprint density at radius 1 is 0.630 bits per heavy atom. The lowest BCUT2D eigenvalue weighted by molar-refractivity contribution is 0.422. The lowest BCUT2D eigenvalue weighted by Crippen LogP contribution is -2.18. The normalized spacial score (nSPS) is 12.6. The van der Waals surface area contributed by atoms with Crippen LogP contribution in [0.15, 0.2) is 12.1 Å². The minimum Gasteiger partial charge on any atom is -0.507 e. The quantitative estimate of drug-likeness (QED) is 0.385. The standard InChI is InChI=1S/C26H46O/c1-8-9-10-11-12-13-14-15-16-17-18-21-19-22(25(2,3)4)24(27)23(20-21)26(5,6)7/h19-20,27H,8-18H2,1-7H3. The third-order valence-electron chi connectivity index (χ3n) is 5.60. The number of phenols is 1. The first-order valence-electron chi connectivity index (χ1n) is 11.4. The highest BCUT2D eigenvalue weighted by Crippen LogP contribution is 2.40. The maximum absolute atomic E-state index is 10.8. The maximum atomic E-state index is 10.8. The molecule has 0 saturated heterocycles. The van der Waals surface area contributed by atoms with E-state index in [9.17, 15) is 5.11 Å². The van der Waals surface area contributed by atoms with E-state index in [2.05, 4.69) is 60.6 Å². The van der Waals surface area contributed by atoms with Gasteiger partial charge in [0.1, 0.15) is 5.75 Å². The predicted octanol–water partition coefficient (Wildman–Crippen LogP) is 8.45. The van der Waals surface area contributed by atoms with E-state index in [0.717, 1.165) is 17.5 Å². The van der Waals surface area contributed by atoms with Crippen molar-refractivity contribution >= 4 is 0 Å². The van der Waals surface area contributed by atoms with Gasteiger partial charge in [-0.25, -0.2) is 0 Å². The van der Waals surface area contributed by atoms with E-state index in [1.807, 2.05) is 0 Å². The molecule has 1 rings (SSSR count). The lowest BCUT2D eigenvalue weighted by Gasteiger charge is -2.28. The molecule has 0 unspecified atom stereocenters. The van der Waals surface area contributed by atoms with E-state index in [-0.39, 0.29) is 10.8 Å². The van der Waals surface area contributed by atoms with Crippen LogP contribution in [0.4, 0.5) is 0 Å². The molecule has 0 aliphatic carbocycles. The number of hydrogen-bond donors (Lipinski definition) is 1. The highest BCUT2D eigenvalue weighted by molar-refractivity contribution is 5.49. The molecule has 0 saturated carbocycles. The van der Waals surface area contributed by atoms with Crippen molar-refractivity contribution in [2.75, 3.05) is 0 Å². The molecule has 1 nitrogen and oxygen atoms in total. The summed E-state index contributed by atoms with van der Waals surface area (Å²) in [5.74, 6) is 0.502. The van der Waals surface area contributed by atoms with Crippen molar-refractivity contribution in [3.05, 3.63) is 28.8 Å². The lowest BCUT2D eigenvalue weighted by atomic mass is 9.78. The van der Waals surface area contributed by atoms with Gasteiger partial charge in [0.25, 0.3) is 0 Å². The van der Waals surface area contributed by atoms with Crippen LogP contribution < -0.4 is 0 Å². The number of hydrogen-bond acceptors (Lipinski definition) is 1. The van der Waals surface area contributed by atoms with Crippen LogP contribution >= 0.6 is 0 Å². The van der Waals surface area contributed by atoms with Gasteiger partial charge in [0.2, 0.25) is 0 Å². The predicted molar refractivity (Wildman–Crippen MR) is 121 cm³/mol. The Hall–Kier alpha value is -0.980. The molecule has 1 aromatic carbocycles. The molecule has 0 heterocycles. The summed E-state index contributed by atoms with van der Waals surface area (Å²) in [6.07, 6.45) is 14.9. The first-order valence-corrected chi connectivity index (χ1v) is 11.4. The summed E-state index contributed by atoms with van der Waals surface area (Å²) in [6.45, 7) is 15.4. The number of benzene rings is 1. The topological polar surface area (TPSA) is 20.2 Å². The van der Waals surface area contributed by atoms with Crippen molar-refractivity contribution in [3.8, 4) is 5.75 Å². The summed E-state index contributed by atoms with van der Waals surface area (Å²) < 4.78 is 0. The van der Waals surface area contributed by atoms with E-state index in [1.165, 1.54) is 69.8 Å². The van der Waals surface area contributed by atoms with Crippen LogP contribution in [-0.2, 0) is 17.3 Å². The third-order valence-corrected chi connectivity index (χ3v) is 5.60. The number of aryl methyl sites for hydroxylation is 1. The van der Waals surface area contributed by atoms with Crippen molar-refractivity contribution < 1.29 is 5.11 Å². The molecule has 0 amide bonds. The highest BCUT2D eigenvalue weighted by atomic mass is 16.3. The van der Waals surface area contributed by atoms with Crippen LogP contribution in [0.25, 0.3) is 0 Å². The molecule has 27 heavy (non-hydrogen) atoms. The van der Waals surface area contributed by atoms with Crippen molar-refractivity contribution in [3.63, 3.8) is 0 Å². The van der Waals surface area contributed by atoms with Crippen LogP contribution in [0, 0.1) is 0 Å². The largest absolute Gasteiger partial charge is 0.507 e. The van der Waals surface area contributed by atoms with E-state index in [4.69, 9.17) is 0 Å². The molecule has 0 atom stereocenters. The Kier molecular flexibility index (Phi) is 9.91. The second-order valence-electron chi connectivity index (χ2n) is 10.5. The van der Waals surface area contributed by atoms with Gasteiger partial charge in [0.05, 0.1) is 0 Å². The molecule has 0 bridgehead atoms. The van der Waals surface area contributed by atoms with E-state index in [1.54, 1.807) is 0 Å². The Bertz CT molecular complexity index is 507. The summed E-state index contributed by atoms with van der Waals surface area (Å²) in [7, 11) is 0. The minimum atomic E-state index is -0.0299. The summed E-state index contributed by atoms with van der Waals surface area (Å²) in [5, 5.41) is 10.8. The second-order valence-corrected chi connectivity index (χ2v) is 10.5. The third kappa shape index (κ3) is 8.71. The van der Waals surface area contributed by atoms with Crippen LogP contribution in [0.1, 0.15) is 129 Å². The Balaban J connectivity index is 2.53. The first-order chi connectivity index (χ1) is 12.6. The molecule has 1 aromatic rings. The van der Waals surface area contributed by atoms with Gasteiger partial charge < -0.3 is 5.11 Å². The fourth-order valence-corrected chi connectivity index (χ4v) is 3.80. The minimum absolute atomic E-state index is 0.0299. The molecule has 0 aliphatic heterocycles. The van der Waals surface area contributed by atoms with Crippen LogP contribution in [0.5, 0.6) is 5.75 Å². The van der Waals surface area contributed by atoms with Crippen molar-refractivity contribution in [2.24, 2.45) is 0 Å². The summed E-state index contributed by atoms with van der Waals surface area (Å²) >= 11 is 0. The molecular formula is C26H46O. The molecular weight excluding hydrogens is 328 g/mol. The second kappa shape index (κ2) is 11.1. The molecule has 0 aliphatic rings. The number of unbranched alkanes of at least 4 members (excludes halogenated alkanes) is 9. The molecule has 0 aromatic heterocycles. The number of rotatable bonds is 11. The number of phenolic OH excluding ortho intramolecular Hbond substituents is 1. The fourth-order valence-electron chi connectivity index (χ4n) is 3.80. The Morgan fingerprint density at radius 2 is 1.00 bits per heavy atom. The summed E-state index contributed by atoms with van der Waals surface area (Å²) in [4.78, 5) is 0. The van der Waals surface area contributed by atoms with Crippen LogP contribution in [0.3, 0.4) is 0 Å². The van der Waals surface area contributed by atoms with Gasteiger partial charge in [-0.15, -0.1) is 0 Å². The zero-order valence-corrected chi connectivity index (χ0v) is 19.4. The van der Waals surface area contributed by atoms with E-state index >= 15 is 0 Å². The first kappa shape index (κ1) is 24.1. The summed E-state index contributed by atoms with van der Waals surface area (Å²) in [5.41, 5.74) is 3.52. The van der Waals surface area contributed by atoms with E-state index in [0.29, 0.717) is 5.75 Å². The van der Waals surface area contributed by atoms with Gasteiger partial charge >= 0.3 is 0 Å². The zero-order valence-electron chi connectivity index (χ0n) is 19.4. The van der Waals surface area contributed by atoms with Crippen molar-refractivity contribution in [1.29, 1.82) is 0 Å². The molecule has 0 spiro atoms. The maximum Gasteiger partial charge on any atom is 0.123 e. The molecule has 0 radical (unpaired) electrons. The molecule has 1 N–H and O–H groups in total. The molecule has 0 fully saturated rings. The van der Waals surface area contributed by atoms with Crippen LogP contribution in [-0.4, -0.2) is 5.11 Å². The summed E-state index contributed by atoms with van der Waals surface area (Å²) in [6, 6.07) is 4.50. The smallest absolute Gasteiger partial charge is 0.123 e. The van der Waals surface area contributed by atoms with Crippen LogP contribution in [0.2, 0.25) is 0 Å². The van der Waals surface area contributed by atoms with Gasteiger partial charge in [0, 0.05) is 0 Å². The Labute approximate surface area is 170 Å². The average Bonchev–Trinajstić information content (AvgIpc) is 2.55. The molecule has 1 heteroatoms. The van der Waals surface area contributed by atoms with Gasteiger partial charge in [0.15, 0.2) is 0 Å². The van der Waals surface area contributed by atoms with E-state index < -0.39 is 0 Å². The van der Waals surface area contributed by atoms with Gasteiger partial charge in [-0.2, -0.15) is 0 Å². The highest BCUT2D eigenvalue weighted by Gasteiger charge is 2.26.